The minimum atomic E-state index is -0.426. The monoisotopic (exact) mass is 415 g/mol. The Balaban J connectivity index is 1.88. The second kappa shape index (κ2) is 9.03. The lowest BCUT2D eigenvalue weighted by Gasteiger charge is -2.20. The molecule has 0 N–H and O–H groups in total. The lowest BCUT2D eigenvalue weighted by Crippen LogP contribution is -2.12. The lowest BCUT2D eigenvalue weighted by molar-refractivity contribution is -0.387. The van der Waals surface area contributed by atoms with Crippen LogP contribution in [0.2, 0.25) is 0 Å². The van der Waals surface area contributed by atoms with Crippen molar-refractivity contribution in [3.63, 3.8) is 0 Å². The van der Waals surface area contributed by atoms with Gasteiger partial charge in [0.2, 0.25) is 0 Å². The molecule has 2 aromatic rings. The molecule has 1 atom stereocenters. The van der Waals surface area contributed by atoms with Crippen LogP contribution in [0.1, 0.15) is 19.8 Å². The van der Waals surface area contributed by atoms with Crippen LogP contribution in [0.5, 0.6) is 0 Å². The molecule has 1 aliphatic rings. The summed E-state index contributed by atoms with van der Waals surface area (Å²) < 4.78 is 4.57. The molecule has 0 saturated heterocycles. The van der Waals surface area contributed by atoms with Crippen molar-refractivity contribution in [2.45, 2.75) is 29.6 Å². The van der Waals surface area contributed by atoms with Gasteiger partial charge in [0, 0.05) is 29.0 Å². The van der Waals surface area contributed by atoms with Gasteiger partial charge in [-0.05, 0) is 30.9 Å². The van der Waals surface area contributed by atoms with Crippen molar-refractivity contribution in [2.24, 2.45) is 10.3 Å². The third kappa shape index (κ3) is 4.79. The van der Waals surface area contributed by atoms with Crippen LogP contribution in [-0.4, -0.2) is 15.6 Å². The summed E-state index contributed by atoms with van der Waals surface area (Å²) in [7, 11) is 0. The fraction of sp³-hybridized carbons (Fsp3) is 0.211. The van der Waals surface area contributed by atoms with Crippen molar-refractivity contribution >= 4 is 40.8 Å². The van der Waals surface area contributed by atoms with Gasteiger partial charge in [0.15, 0.2) is 0 Å². The van der Waals surface area contributed by atoms with Gasteiger partial charge in [-0.2, -0.15) is 0 Å². The minimum absolute atomic E-state index is 0.0117. The highest BCUT2D eigenvalue weighted by Crippen LogP contribution is 2.40. The third-order valence-electron chi connectivity index (χ3n) is 4.13. The number of nitro benzene ring substituents is 2. The van der Waals surface area contributed by atoms with Crippen LogP contribution in [-0.2, 0) is 0 Å². The molecule has 3 rings (SSSR count). The normalized spacial score (nSPS) is 18.0. The number of para-hydroxylation sites is 2. The average Bonchev–Trinajstić information content (AvgIpc) is 2.68. The number of rotatable bonds is 6. The Hall–Kier alpha value is -2.65. The largest absolute Gasteiger partial charge is 0.284 e. The summed E-state index contributed by atoms with van der Waals surface area (Å²) in [5.74, 6) is 0.389. The molecular weight excluding hydrogens is 398 g/mol. The van der Waals surface area contributed by atoms with Gasteiger partial charge in [-0.1, -0.05) is 49.0 Å². The molecule has 9 heteroatoms. The molecule has 0 saturated carbocycles. The summed E-state index contributed by atoms with van der Waals surface area (Å²) in [5.41, 5.74) is 0.861. The second-order valence-electron chi connectivity index (χ2n) is 6.29. The molecule has 7 nitrogen and oxygen atoms in total. The van der Waals surface area contributed by atoms with Gasteiger partial charge in [-0.25, -0.2) is 4.40 Å². The van der Waals surface area contributed by atoms with Crippen LogP contribution in [0.25, 0.3) is 0 Å². The van der Waals surface area contributed by atoms with E-state index in [4.69, 9.17) is 0 Å². The summed E-state index contributed by atoms with van der Waals surface area (Å²) in [6, 6.07) is 13.1. The lowest BCUT2D eigenvalue weighted by atomic mass is 9.95. The first-order valence-electron chi connectivity index (χ1n) is 8.55. The van der Waals surface area contributed by atoms with Crippen molar-refractivity contribution in [1.82, 2.24) is 0 Å². The number of thioether (sulfide) groups is 1. The van der Waals surface area contributed by atoms with E-state index in [1.807, 2.05) is 6.08 Å². The van der Waals surface area contributed by atoms with Crippen molar-refractivity contribution < 1.29 is 9.85 Å². The van der Waals surface area contributed by atoms with Crippen LogP contribution in [0.3, 0.4) is 0 Å². The van der Waals surface area contributed by atoms with E-state index in [0.717, 1.165) is 29.0 Å². The van der Waals surface area contributed by atoms with E-state index >= 15 is 0 Å². The Morgan fingerprint density at radius 2 is 1.54 bits per heavy atom. The van der Waals surface area contributed by atoms with Crippen LogP contribution in [0.4, 0.5) is 11.4 Å². The van der Waals surface area contributed by atoms with E-state index in [2.05, 4.69) is 11.3 Å². The van der Waals surface area contributed by atoms with Crippen LogP contribution >= 0.6 is 23.7 Å². The van der Waals surface area contributed by atoms with Gasteiger partial charge in [-0.3, -0.25) is 20.2 Å². The van der Waals surface area contributed by atoms with Gasteiger partial charge < -0.3 is 0 Å². The molecule has 1 unspecified atom stereocenters. The molecule has 0 fully saturated rings. The summed E-state index contributed by atoms with van der Waals surface area (Å²) in [4.78, 5) is 23.5. The maximum atomic E-state index is 11.3. The molecule has 0 heterocycles. The molecular formula is C19H17N3O4S2. The standard InChI is InChI=1S/C19H17N3O4S2/c1-13-10-11-17(27-18-8-4-2-6-15(18)21(23)24)14(12-13)20-28-19-9-5-3-7-16(19)22(25)26/h2-9,11,13H,10,12H2,1H3/b20-14-. The van der Waals surface area contributed by atoms with E-state index in [9.17, 15) is 20.2 Å². The molecule has 0 bridgehead atoms. The number of allylic oxidation sites excluding steroid dienone is 2. The van der Waals surface area contributed by atoms with Gasteiger partial charge in [0.1, 0.15) is 4.90 Å². The fourth-order valence-corrected chi connectivity index (χ4v) is 4.60. The highest BCUT2D eigenvalue weighted by molar-refractivity contribution is 8.04. The molecule has 144 valence electrons. The van der Waals surface area contributed by atoms with Crippen molar-refractivity contribution in [2.75, 3.05) is 0 Å². The minimum Gasteiger partial charge on any atom is -0.258 e. The van der Waals surface area contributed by atoms with Crippen molar-refractivity contribution in [3.05, 3.63) is 79.7 Å². The smallest absolute Gasteiger partial charge is 0.258 e. The topological polar surface area (TPSA) is 98.6 Å². The number of hydrogen-bond acceptors (Lipinski definition) is 7. The molecule has 28 heavy (non-hydrogen) atoms. The van der Waals surface area contributed by atoms with Gasteiger partial charge in [-0.15, -0.1) is 0 Å². The zero-order valence-electron chi connectivity index (χ0n) is 15.0. The number of benzene rings is 2. The van der Waals surface area contributed by atoms with Gasteiger partial charge >= 0.3 is 0 Å². The number of nitro groups is 2. The summed E-state index contributed by atoms with van der Waals surface area (Å²) >= 11 is 2.38. The molecule has 0 spiro atoms. The molecule has 0 amide bonds. The maximum Gasteiger partial charge on any atom is 0.284 e. The van der Waals surface area contributed by atoms with E-state index in [0.29, 0.717) is 22.1 Å². The zero-order valence-corrected chi connectivity index (χ0v) is 16.6. The quantitative estimate of drug-likeness (QED) is 0.323. The average molecular weight is 415 g/mol. The molecule has 0 aromatic heterocycles. The number of hydrogen-bond donors (Lipinski definition) is 0. The Labute approximate surface area is 170 Å². The maximum absolute atomic E-state index is 11.3. The second-order valence-corrected chi connectivity index (χ2v) is 8.18. The van der Waals surface area contributed by atoms with Crippen molar-refractivity contribution in [1.29, 1.82) is 0 Å². The summed E-state index contributed by atoms with van der Waals surface area (Å²) in [6.07, 6.45) is 3.61. The SMILES string of the molecule is CC1CC=C(Sc2ccccc2[N+](=O)[O-])/C(=N\Sc2ccccc2[N+](=O)[O-])C1. The third-order valence-corrected chi connectivity index (χ3v) is 6.17. The van der Waals surface area contributed by atoms with Crippen LogP contribution in [0.15, 0.2) is 73.7 Å². The number of nitrogens with zero attached hydrogens (tertiary/aromatic N) is 3. The van der Waals surface area contributed by atoms with Gasteiger partial charge in [0.25, 0.3) is 11.4 Å². The molecule has 0 radical (unpaired) electrons. The highest BCUT2D eigenvalue weighted by Gasteiger charge is 2.22. The van der Waals surface area contributed by atoms with E-state index in [-0.39, 0.29) is 11.4 Å². The first-order valence-corrected chi connectivity index (χ1v) is 10.1. The van der Waals surface area contributed by atoms with Crippen LogP contribution < -0.4 is 0 Å². The van der Waals surface area contributed by atoms with Gasteiger partial charge in [0.05, 0.1) is 20.5 Å². The Kier molecular flexibility index (Phi) is 6.48. The zero-order chi connectivity index (χ0) is 20.1. The van der Waals surface area contributed by atoms with Crippen LogP contribution in [0, 0.1) is 26.1 Å². The Morgan fingerprint density at radius 1 is 0.964 bits per heavy atom. The first-order chi connectivity index (χ1) is 13.5. The van der Waals surface area contributed by atoms with Crippen molar-refractivity contribution in [3.8, 4) is 0 Å². The highest BCUT2D eigenvalue weighted by atomic mass is 32.2. The predicted octanol–water partition coefficient (Wildman–Crippen LogP) is 6.06. The Morgan fingerprint density at radius 3 is 2.18 bits per heavy atom. The summed E-state index contributed by atoms with van der Waals surface area (Å²) in [6.45, 7) is 2.11. The van der Waals surface area contributed by atoms with E-state index in [1.54, 1.807) is 36.4 Å². The fourth-order valence-electron chi connectivity index (χ4n) is 2.73. The first kappa shape index (κ1) is 20.1. The molecule has 0 aliphatic heterocycles. The Bertz CT molecular complexity index is 975. The van der Waals surface area contributed by atoms with E-state index < -0.39 is 9.85 Å². The van der Waals surface area contributed by atoms with E-state index in [1.165, 1.54) is 23.9 Å². The molecule has 2 aromatic carbocycles. The summed E-state index contributed by atoms with van der Waals surface area (Å²) in [5, 5.41) is 22.5. The predicted molar refractivity (Wildman–Crippen MR) is 112 cm³/mol. The molecule has 1 aliphatic carbocycles.